The predicted molar refractivity (Wildman–Crippen MR) is 151 cm³/mol. The lowest BCUT2D eigenvalue weighted by atomic mass is 9.96. The number of hydrogen-bond acceptors (Lipinski definition) is 7. The SMILES string of the molecule is CC(C)n1c(=O)c(C(=O)NC2C[C@H]3CC[C@@H](C2)N3C[C@H](O)CN2CCN(S(C)(=O)=O)CC2)cc2ccccc21. The van der Waals surface area contributed by atoms with Gasteiger partial charge in [-0.25, -0.2) is 8.42 Å². The minimum Gasteiger partial charge on any atom is -0.390 e. The molecule has 0 aliphatic carbocycles. The van der Waals surface area contributed by atoms with E-state index in [0.29, 0.717) is 39.3 Å². The molecule has 11 heteroatoms. The number of piperazine rings is 1. The fourth-order valence-electron chi connectivity index (χ4n) is 6.76. The molecule has 39 heavy (non-hydrogen) atoms. The van der Waals surface area contributed by atoms with Gasteiger partial charge in [-0.2, -0.15) is 4.31 Å². The van der Waals surface area contributed by atoms with Crippen LogP contribution in [0.2, 0.25) is 0 Å². The molecule has 3 fully saturated rings. The fraction of sp³-hybridized carbons (Fsp3) is 0.643. The van der Waals surface area contributed by atoms with Crippen LogP contribution in [-0.4, -0.2) is 108 Å². The maximum Gasteiger partial charge on any atom is 0.264 e. The minimum atomic E-state index is -3.17. The Morgan fingerprint density at radius 3 is 2.31 bits per heavy atom. The third kappa shape index (κ3) is 6.07. The Morgan fingerprint density at radius 1 is 1.05 bits per heavy atom. The maximum atomic E-state index is 13.3. The summed E-state index contributed by atoms with van der Waals surface area (Å²) in [4.78, 5) is 31.1. The highest BCUT2D eigenvalue weighted by Gasteiger charge is 2.42. The lowest BCUT2D eigenvalue weighted by Crippen LogP contribution is -2.55. The minimum absolute atomic E-state index is 0.00849. The number of β-amino-alcohol motifs (C(OH)–C–C–N with tert-alkyl or cyclic N) is 1. The van der Waals surface area contributed by atoms with Gasteiger partial charge in [0.05, 0.1) is 17.9 Å². The number of aliphatic hydroxyl groups is 1. The number of carbonyl (C=O) groups excluding carboxylic acids is 1. The van der Waals surface area contributed by atoms with E-state index in [-0.39, 0.29) is 41.2 Å². The van der Waals surface area contributed by atoms with E-state index in [2.05, 4.69) is 15.1 Å². The number of rotatable bonds is 8. The summed E-state index contributed by atoms with van der Waals surface area (Å²) in [5, 5.41) is 14.9. The molecule has 0 spiro atoms. The Kier molecular flexibility index (Phi) is 8.17. The van der Waals surface area contributed by atoms with Gasteiger partial charge in [0.25, 0.3) is 11.5 Å². The topological polar surface area (TPSA) is 115 Å². The molecule has 3 aliphatic rings. The van der Waals surface area contributed by atoms with E-state index in [9.17, 15) is 23.1 Å². The molecule has 4 heterocycles. The summed E-state index contributed by atoms with van der Waals surface area (Å²) in [7, 11) is -3.17. The van der Waals surface area contributed by atoms with Crippen molar-refractivity contribution in [1.82, 2.24) is 24.0 Å². The first-order valence-electron chi connectivity index (χ1n) is 14.1. The zero-order valence-corrected chi connectivity index (χ0v) is 23.9. The lowest BCUT2D eigenvalue weighted by molar-refractivity contribution is 0.0276. The quantitative estimate of drug-likeness (QED) is 0.500. The maximum absolute atomic E-state index is 13.3. The van der Waals surface area contributed by atoms with Crippen LogP contribution in [-0.2, 0) is 10.0 Å². The largest absolute Gasteiger partial charge is 0.390 e. The number of aromatic nitrogens is 1. The first-order chi connectivity index (χ1) is 18.5. The van der Waals surface area contributed by atoms with E-state index in [1.807, 2.05) is 38.1 Å². The highest BCUT2D eigenvalue weighted by molar-refractivity contribution is 7.88. The van der Waals surface area contributed by atoms with Gasteiger partial charge in [0.1, 0.15) is 5.56 Å². The van der Waals surface area contributed by atoms with Gasteiger partial charge < -0.3 is 15.0 Å². The van der Waals surface area contributed by atoms with Crippen molar-refractivity contribution in [3.8, 4) is 0 Å². The molecule has 2 bridgehead atoms. The Morgan fingerprint density at radius 2 is 1.69 bits per heavy atom. The average Bonchev–Trinajstić information content (AvgIpc) is 3.10. The highest BCUT2D eigenvalue weighted by atomic mass is 32.2. The van der Waals surface area contributed by atoms with Gasteiger partial charge >= 0.3 is 0 Å². The van der Waals surface area contributed by atoms with Crippen molar-refractivity contribution in [2.24, 2.45) is 0 Å². The Balaban J connectivity index is 1.18. The molecule has 1 aromatic heterocycles. The molecule has 214 valence electrons. The normalized spacial score (nSPS) is 25.8. The second kappa shape index (κ2) is 11.3. The van der Waals surface area contributed by atoms with Crippen LogP contribution in [0.15, 0.2) is 35.1 Å². The first-order valence-corrected chi connectivity index (χ1v) is 15.9. The molecule has 1 aromatic carbocycles. The highest BCUT2D eigenvalue weighted by Crippen LogP contribution is 2.36. The Hall–Kier alpha value is -2.31. The molecule has 10 nitrogen and oxygen atoms in total. The van der Waals surface area contributed by atoms with E-state index >= 15 is 0 Å². The fourth-order valence-corrected chi connectivity index (χ4v) is 7.58. The second-order valence-electron chi connectivity index (χ2n) is 11.7. The number of sulfonamides is 1. The third-order valence-corrected chi connectivity index (χ3v) is 9.92. The number of aliphatic hydroxyl groups excluding tert-OH is 1. The third-order valence-electron chi connectivity index (χ3n) is 8.62. The number of amides is 1. The van der Waals surface area contributed by atoms with Crippen molar-refractivity contribution < 1.29 is 18.3 Å². The number of nitrogens with zero attached hydrogens (tertiary/aromatic N) is 4. The molecule has 1 amide bonds. The standard InChI is InChI=1S/C28H41N5O5S/c1-19(2)33-26-7-5-4-6-20(26)14-25(28(33)36)27(35)29-21-15-22-8-9-23(16-21)32(22)18-24(34)17-30-10-12-31(13-11-30)39(3,37)38/h4-7,14,19,21-24,34H,8-13,15-18H2,1-3H3,(H,29,35)/t21?,22-,23+,24-/m1/s1. The number of para-hydroxylation sites is 1. The summed E-state index contributed by atoms with van der Waals surface area (Å²) in [6.45, 7) is 7.17. The molecular weight excluding hydrogens is 518 g/mol. The van der Waals surface area contributed by atoms with Crippen LogP contribution in [0.25, 0.3) is 10.9 Å². The van der Waals surface area contributed by atoms with E-state index in [1.54, 1.807) is 10.6 Å². The van der Waals surface area contributed by atoms with Gasteiger partial charge in [-0.15, -0.1) is 0 Å². The molecule has 1 unspecified atom stereocenters. The van der Waals surface area contributed by atoms with Gasteiger partial charge in [-0.3, -0.25) is 19.4 Å². The predicted octanol–water partition coefficient (Wildman–Crippen LogP) is 1.25. The van der Waals surface area contributed by atoms with Gasteiger partial charge in [-0.05, 0) is 57.0 Å². The van der Waals surface area contributed by atoms with Crippen LogP contribution in [0.4, 0.5) is 0 Å². The smallest absolute Gasteiger partial charge is 0.264 e. The lowest BCUT2D eigenvalue weighted by Gasteiger charge is -2.41. The van der Waals surface area contributed by atoms with Crippen LogP contribution < -0.4 is 10.9 Å². The van der Waals surface area contributed by atoms with Crippen molar-refractivity contribution >= 4 is 26.8 Å². The molecule has 2 N–H and O–H groups in total. The number of piperidine rings is 1. The van der Waals surface area contributed by atoms with Gasteiger partial charge in [0.15, 0.2) is 0 Å². The molecule has 2 aromatic rings. The van der Waals surface area contributed by atoms with Crippen LogP contribution in [0.3, 0.4) is 0 Å². The van der Waals surface area contributed by atoms with E-state index in [1.165, 1.54) is 10.6 Å². The Labute approximate surface area is 230 Å². The monoisotopic (exact) mass is 559 g/mol. The average molecular weight is 560 g/mol. The molecule has 3 aliphatic heterocycles. The summed E-state index contributed by atoms with van der Waals surface area (Å²) in [6.07, 6.45) is 4.39. The summed E-state index contributed by atoms with van der Waals surface area (Å²) in [5.41, 5.74) is 0.752. The first kappa shape index (κ1) is 28.2. The van der Waals surface area contributed by atoms with Crippen LogP contribution >= 0.6 is 0 Å². The molecule has 0 saturated carbocycles. The van der Waals surface area contributed by atoms with Crippen LogP contribution in [0, 0.1) is 0 Å². The zero-order chi connectivity index (χ0) is 27.9. The van der Waals surface area contributed by atoms with Crippen LogP contribution in [0.5, 0.6) is 0 Å². The summed E-state index contributed by atoms with van der Waals surface area (Å²) in [6, 6.07) is 9.87. The molecule has 3 saturated heterocycles. The number of carbonyl (C=O) groups is 1. The van der Waals surface area contributed by atoms with Crippen molar-refractivity contribution in [2.75, 3.05) is 45.5 Å². The summed E-state index contributed by atoms with van der Waals surface area (Å²) >= 11 is 0. The number of hydrogen-bond donors (Lipinski definition) is 2. The van der Waals surface area contributed by atoms with Crippen molar-refractivity contribution in [1.29, 1.82) is 0 Å². The number of fused-ring (bicyclic) bond motifs is 3. The summed E-state index contributed by atoms with van der Waals surface area (Å²) in [5.74, 6) is -0.314. The van der Waals surface area contributed by atoms with E-state index < -0.39 is 16.1 Å². The summed E-state index contributed by atoms with van der Waals surface area (Å²) < 4.78 is 26.7. The molecule has 5 rings (SSSR count). The molecule has 4 atom stereocenters. The van der Waals surface area contributed by atoms with E-state index in [0.717, 1.165) is 36.6 Å². The van der Waals surface area contributed by atoms with Gasteiger partial charge in [0.2, 0.25) is 10.0 Å². The van der Waals surface area contributed by atoms with Crippen molar-refractivity contribution in [3.63, 3.8) is 0 Å². The number of nitrogens with one attached hydrogen (secondary N) is 1. The molecular formula is C28H41N5O5S. The van der Waals surface area contributed by atoms with Gasteiger partial charge in [0, 0.05) is 63.4 Å². The van der Waals surface area contributed by atoms with Gasteiger partial charge in [-0.1, -0.05) is 18.2 Å². The Bertz CT molecular complexity index is 1350. The van der Waals surface area contributed by atoms with E-state index in [4.69, 9.17) is 0 Å². The zero-order valence-electron chi connectivity index (χ0n) is 23.1. The second-order valence-corrected chi connectivity index (χ2v) is 13.7. The molecule has 0 radical (unpaired) electrons. The number of benzene rings is 1. The van der Waals surface area contributed by atoms with Crippen molar-refractivity contribution in [3.05, 3.63) is 46.2 Å². The van der Waals surface area contributed by atoms with Crippen molar-refractivity contribution in [2.45, 2.75) is 69.8 Å². The number of pyridine rings is 1. The van der Waals surface area contributed by atoms with Crippen LogP contribution in [0.1, 0.15) is 55.9 Å².